The van der Waals surface area contributed by atoms with Crippen molar-refractivity contribution in [2.45, 2.75) is 13.0 Å². The highest BCUT2D eigenvalue weighted by Gasteiger charge is 2.15. The Kier molecular flexibility index (Phi) is 3.11. The lowest BCUT2D eigenvalue weighted by atomic mass is 10.2. The fourth-order valence-electron chi connectivity index (χ4n) is 1.97. The van der Waals surface area contributed by atoms with Crippen LogP contribution in [-0.4, -0.2) is 32.8 Å². The van der Waals surface area contributed by atoms with Crippen molar-refractivity contribution in [3.8, 4) is 5.75 Å². The van der Waals surface area contributed by atoms with Crippen molar-refractivity contribution in [1.29, 1.82) is 0 Å². The molecule has 1 heterocycles. The second-order valence-electron chi connectivity index (χ2n) is 4.00. The summed E-state index contributed by atoms with van der Waals surface area (Å²) in [5, 5.41) is 3.44. The zero-order chi connectivity index (χ0) is 10.7. The largest absolute Gasteiger partial charge is 0.497 e. The molecule has 1 fully saturated rings. The SMILES string of the molecule is COc1cccc(N2CCN[C@H](C)C2)c1. The number of nitrogens with one attached hydrogen (secondary N) is 1. The summed E-state index contributed by atoms with van der Waals surface area (Å²) in [5.74, 6) is 0.929. The van der Waals surface area contributed by atoms with Crippen LogP contribution in [0.5, 0.6) is 5.75 Å². The Morgan fingerprint density at radius 3 is 3.07 bits per heavy atom. The van der Waals surface area contributed by atoms with E-state index in [-0.39, 0.29) is 0 Å². The fraction of sp³-hybridized carbons (Fsp3) is 0.500. The van der Waals surface area contributed by atoms with Crippen LogP contribution in [-0.2, 0) is 0 Å². The molecule has 1 saturated heterocycles. The Balaban J connectivity index is 2.13. The molecule has 0 unspecified atom stereocenters. The van der Waals surface area contributed by atoms with Crippen LogP contribution in [0.25, 0.3) is 0 Å². The molecule has 0 aliphatic carbocycles. The van der Waals surface area contributed by atoms with Crippen LogP contribution in [0.3, 0.4) is 0 Å². The Hall–Kier alpha value is -1.22. The van der Waals surface area contributed by atoms with Crippen molar-refractivity contribution in [1.82, 2.24) is 5.32 Å². The highest BCUT2D eigenvalue weighted by Crippen LogP contribution is 2.21. The van der Waals surface area contributed by atoms with E-state index in [0.29, 0.717) is 6.04 Å². The lowest BCUT2D eigenvalue weighted by Gasteiger charge is -2.33. The topological polar surface area (TPSA) is 24.5 Å². The molecule has 0 spiro atoms. The second kappa shape index (κ2) is 4.53. The number of piperazine rings is 1. The van der Waals surface area contributed by atoms with Gasteiger partial charge in [-0.1, -0.05) is 6.07 Å². The molecule has 1 aliphatic rings. The highest BCUT2D eigenvalue weighted by atomic mass is 16.5. The Morgan fingerprint density at radius 1 is 1.47 bits per heavy atom. The normalized spacial score (nSPS) is 21.5. The van der Waals surface area contributed by atoms with E-state index in [2.05, 4.69) is 29.3 Å². The zero-order valence-corrected chi connectivity index (χ0v) is 9.36. The Labute approximate surface area is 91.0 Å². The first-order chi connectivity index (χ1) is 7.29. The maximum atomic E-state index is 5.23. The number of rotatable bonds is 2. The molecule has 0 saturated carbocycles. The zero-order valence-electron chi connectivity index (χ0n) is 9.36. The third-order valence-corrected chi connectivity index (χ3v) is 2.79. The van der Waals surface area contributed by atoms with Crippen LogP contribution >= 0.6 is 0 Å². The van der Waals surface area contributed by atoms with E-state index in [4.69, 9.17) is 4.74 Å². The summed E-state index contributed by atoms with van der Waals surface area (Å²) in [6.07, 6.45) is 0. The molecule has 1 atom stereocenters. The van der Waals surface area contributed by atoms with Crippen molar-refractivity contribution < 1.29 is 4.74 Å². The summed E-state index contributed by atoms with van der Waals surface area (Å²) in [4.78, 5) is 2.39. The van der Waals surface area contributed by atoms with Gasteiger partial charge in [-0.15, -0.1) is 0 Å². The highest BCUT2D eigenvalue weighted by molar-refractivity contribution is 5.51. The molecular weight excluding hydrogens is 188 g/mol. The number of anilines is 1. The fourth-order valence-corrected chi connectivity index (χ4v) is 1.97. The molecule has 0 amide bonds. The van der Waals surface area contributed by atoms with Crippen molar-refractivity contribution in [2.24, 2.45) is 0 Å². The molecule has 0 bridgehead atoms. The molecule has 2 rings (SSSR count). The summed E-state index contributed by atoms with van der Waals surface area (Å²) in [5.41, 5.74) is 1.25. The summed E-state index contributed by atoms with van der Waals surface area (Å²) in [7, 11) is 1.71. The monoisotopic (exact) mass is 206 g/mol. The number of hydrogen-bond donors (Lipinski definition) is 1. The van der Waals surface area contributed by atoms with Gasteiger partial charge in [0.2, 0.25) is 0 Å². The van der Waals surface area contributed by atoms with E-state index in [1.807, 2.05) is 12.1 Å². The summed E-state index contributed by atoms with van der Waals surface area (Å²) < 4.78 is 5.23. The first kappa shape index (κ1) is 10.3. The predicted molar refractivity (Wildman–Crippen MR) is 62.7 cm³/mol. The van der Waals surface area contributed by atoms with Crippen LogP contribution in [0.15, 0.2) is 24.3 Å². The van der Waals surface area contributed by atoms with Gasteiger partial charge in [0.1, 0.15) is 5.75 Å². The lowest BCUT2D eigenvalue weighted by Crippen LogP contribution is -2.49. The molecule has 15 heavy (non-hydrogen) atoms. The maximum Gasteiger partial charge on any atom is 0.120 e. The Morgan fingerprint density at radius 2 is 2.33 bits per heavy atom. The number of ether oxygens (including phenoxy) is 1. The average molecular weight is 206 g/mol. The summed E-state index contributed by atoms with van der Waals surface area (Å²) in [6.45, 7) is 5.40. The van der Waals surface area contributed by atoms with Crippen molar-refractivity contribution in [2.75, 3.05) is 31.6 Å². The van der Waals surface area contributed by atoms with E-state index in [0.717, 1.165) is 25.4 Å². The molecule has 1 aromatic carbocycles. The van der Waals surface area contributed by atoms with Gasteiger partial charge >= 0.3 is 0 Å². The number of methoxy groups -OCH3 is 1. The van der Waals surface area contributed by atoms with Gasteiger partial charge in [0, 0.05) is 37.4 Å². The quantitative estimate of drug-likeness (QED) is 0.793. The summed E-state index contributed by atoms with van der Waals surface area (Å²) in [6, 6.07) is 8.82. The van der Waals surface area contributed by atoms with Crippen molar-refractivity contribution in [3.63, 3.8) is 0 Å². The van der Waals surface area contributed by atoms with Crippen molar-refractivity contribution >= 4 is 5.69 Å². The average Bonchev–Trinajstić information content (AvgIpc) is 2.29. The number of nitrogens with zero attached hydrogens (tertiary/aromatic N) is 1. The van der Waals surface area contributed by atoms with Crippen LogP contribution < -0.4 is 15.0 Å². The van der Waals surface area contributed by atoms with Gasteiger partial charge in [-0.3, -0.25) is 0 Å². The third-order valence-electron chi connectivity index (χ3n) is 2.79. The van der Waals surface area contributed by atoms with Gasteiger partial charge in [-0.25, -0.2) is 0 Å². The molecular formula is C12H18N2O. The van der Waals surface area contributed by atoms with Gasteiger partial charge in [0.05, 0.1) is 7.11 Å². The Bertz CT molecular complexity index is 327. The van der Waals surface area contributed by atoms with Gasteiger partial charge in [-0.2, -0.15) is 0 Å². The van der Waals surface area contributed by atoms with Gasteiger partial charge in [0.25, 0.3) is 0 Å². The predicted octanol–water partition coefficient (Wildman–Crippen LogP) is 1.49. The van der Waals surface area contributed by atoms with Crippen LogP contribution in [0, 0.1) is 0 Å². The number of benzene rings is 1. The first-order valence-corrected chi connectivity index (χ1v) is 5.42. The van der Waals surface area contributed by atoms with Gasteiger partial charge in [0.15, 0.2) is 0 Å². The summed E-state index contributed by atoms with van der Waals surface area (Å²) >= 11 is 0. The van der Waals surface area contributed by atoms with E-state index >= 15 is 0 Å². The number of hydrogen-bond acceptors (Lipinski definition) is 3. The van der Waals surface area contributed by atoms with E-state index in [9.17, 15) is 0 Å². The molecule has 3 nitrogen and oxygen atoms in total. The molecule has 1 aromatic rings. The van der Waals surface area contributed by atoms with E-state index in [1.165, 1.54) is 5.69 Å². The van der Waals surface area contributed by atoms with Crippen LogP contribution in [0.2, 0.25) is 0 Å². The second-order valence-corrected chi connectivity index (χ2v) is 4.00. The standard InChI is InChI=1S/C12H18N2O/c1-10-9-14(7-6-13-10)11-4-3-5-12(8-11)15-2/h3-5,8,10,13H,6-7,9H2,1-2H3/t10-/m1/s1. The molecule has 1 N–H and O–H groups in total. The molecule has 1 aliphatic heterocycles. The third kappa shape index (κ3) is 2.42. The van der Waals surface area contributed by atoms with E-state index < -0.39 is 0 Å². The van der Waals surface area contributed by atoms with Crippen molar-refractivity contribution in [3.05, 3.63) is 24.3 Å². The smallest absolute Gasteiger partial charge is 0.120 e. The minimum atomic E-state index is 0.560. The minimum Gasteiger partial charge on any atom is -0.497 e. The van der Waals surface area contributed by atoms with Crippen LogP contribution in [0.1, 0.15) is 6.92 Å². The minimum absolute atomic E-state index is 0.560. The first-order valence-electron chi connectivity index (χ1n) is 5.42. The van der Waals surface area contributed by atoms with Gasteiger partial charge < -0.3 is 15.0 Å². The maximum absolute atomic E-state index is 5.23. The molecule has 82 valence electrons. The van der Waals surface area contributed by atoms with E-state index in [1.54, 1.807) is 7.11 Å². The lowest BCUT2D eigenvalue weighted by molar-refractivity contribution is 0.414. The molecule has 0 aromatic heterocycles. The molecule has 0 radical (unpaired) electrons. The van der Waals surface area contributed by atoms with Crippen LogP contribution in [0.4, 0.5) is 5.69 Å². The van der Waals surface area contributed by atoms with Gasteiger partial charge in [-0.05, 0) is 19.1 Å². The molecule has 3 heteroatoms.